The lowest BCUT2D eigenvalue weighted by Crippen LogP contribution is -2.42. The molecule has 2 aromatic carbocycles. The van der Waals surface area contributed by atoms with Crippen molar-refractivity contribution < 1.29 is 32.5 Å². The van der Waals surface area contributed by atoms with Crippen molar-refractivity contribution in [2.75, 3.05) is 19.3 Å². The lowest BCUT2D eigenvalue weighted by atomic mass is 10.1. The summed E-state index contributed by atoms with van der Waals surface area (Å²) in [6.45, 7) is 0.722. The van der Waals surface area contributed by atoms with Crippen molar-refractivity contribution in [3.05, 3.63) is 59.1 Å². The van der Waals surface area contributed by atoms with Crippen molar-refractivity contribution in [1.82, 2.24) is 4.90 Å². The van der Waals surface area contributed by atoms with Crippen molar-refractivity contribution in [1.29, 1.82) is 0 Å². The maximum Gasteiger partial charge on any atom is 0.453 e. The average molecular weight is 454 g/mol. The molecular weight excluding hydrogens is 434 g/mol. The van der Waals surface area contributed by atoms with Crippen LogP contribution in [-0.2, 0) is 19.6 Å². The molecule has 10 heteroatoms. The molecule has 30 heavy (non-hydrogen) atoms. The Balaban J connectivity index is 1.44. The lowest BCUT2D eigenvalue weighted by molar-refractivity contribution is -0.193. The van der Waals surface area contributed by atoms with Crippen LogP contribution in [0.4, 0.5) is 4.79 Å². The van der Waals surface area contributed by atoms with Crippen LogP contribution in [0.5, 0.6) is 5.75 Å². The highest BCUT2D eigenvalue weighted by atomic mass is 35.5. The van der Waals surface area contributed by atoms with Crippen molar-refractivity contribution in [2.24, 2.45) is 0 Å². The Hall–Kier alpha value is -2.78. The van der Waals surface area contributed by atoms with E-state index >= 15 is 0 Å². The topological polar surface area (TPSA) is 99.2 Å². The van der Waals surface area contributed by atoms with Gasteiger partial charge in [-0.25, -0.2) is 27.8 Å². The first-order valence-electron chi connectivity index (χ1n) is 9.12. The number of carbonyl (C=O) groups excluding carboxylic acids is 2. The second-order valence-electron chi connectivity index (χ2n) is 6.78. The van der Waals surface area contributed by atoms with E-state index in [0.717, 1.165) is 6.26 Å². The Bertz CT molecular complexity index is 1020. The van der Waals surface area contributed by atoms with Crippen LogP contribution in [0.2, 0.25) is 5.02 Å². The molecule has 0 aliphatic carbocycles. The Morgan fingerprint density at radius 2 is 1.70 bits per heavy atom. The van der Waals surface area contributed by atoms with Crippen molar-refractivity contribution in [3.63, 3.8) is 0 Å². The van der Waals surface area contributed by atoms with Gasteiger partial charge in [-0.2, -0.15) is 0 Å². The zero-order valence-corrected chi connectivity index (χ0v) is 17.7. The van der Waals surface area contributed by atoms with Gasteiger partial charge in [-0.3, -0.25) is 0 Å². The van der Waals surface area contributed by atoms with E-state index in [4.69, 9.17) is 16.3 Å². The molecule has 1 saturated heterocycles. The average Bonchev–Trinajstić information content (AvgIpc) is 2.72. The van der Waals surface area contributed by atoms with Gasteiger partial charge < -0.3 is 9.64 Å². The van der Waals surface area contributed by atoms with Gasteiger partial charge in [0.25, 0.3) is 0 Å². The number of amides is 1. The smallest absolute Gasteiger partial charge is 0.453 e. The van der Waals surface area contributed by atoms with Crippen LogP contribution in [0.25, 0.3) is 0 Å². The lowest BCUT2D eigenvalue weighted by Gasteiger charge is -2.30. The van der Waals surface area contributed by atoms with Gasteiger partial charge in [0.2, 0.25) is 0 Å². The van der Waals surface area contributed by atoms with E-state index in [1.807, 2.05) is 0 Å². The maximum atomic E-state index is 12.1. The molecule has 8 nitrogen and oxygen atoms in total. The van der Waals surface area contributed by atoms with Crippen LogP contribution in [-0.4, -0.2) is 50.8 Å². The molecule has 1 heterocycles. The van der Waals surface area contributed by atoms with Crippen LogP contribution < -0.4 is 4.74 Å². The first kappa shape index (κ1) is 21.9. The van der Waals surface area contributed by atoms with Gasteiger partial charge in [-0.15, -0.1) is 0 Å². The number of carbonyl (C=O) groups is 2. The van der Waals surface area contributed by atoms with Crippen LogP contribution in [0.15, 0.2) is 53.4 Å². The minimum Gasteiger partial charge on any atom is -0.490 e. The molecule has 1 amide bonds. The van der Waals surface area contributed by atoms with Gasteiger partial charge in [0, 0.05) is 37.2 Å². The predicted octanol–water partition coefficient (Wildman–Crippen LogP) is 3.50. The van der Waals surface area contributed by atoms with Gasteiger partial charge in [0.15, 0.2) is 9.84 Å². The molecule has 1 aliphatic heterocycles. The Morgan fingerprint density at radius 3 is 2.30 bits per heavy atom. The normalized spacial score (nSPS) is 14.8. The molecule has 2 aromatic rings. The Kier molecular flexibility index (Phi) is 6.84. The fourth-order valence-electron chi connectivity index (χ4n) is 2.90. The minimum absolute atomic E-state index is 0.132. The molecule has 0 radical (unpaired) electrons. The number of halogens is 1. The standard InChI is InChI=1S/C20H20ClNO7S/c1-30(25,26)18-7-5-16(6-8-18)27-17-9-11-22(12-10-17)20(24)29-28-19(23)14-3-2-4-15(21)13-14/h2-8,13,17H,9-12H2,1H3. The first-order chi connectivity index (χ1) is 14.2. The fourth-order valence-corrected chi connectivity index (χ4v) is 3.72. The Labute approximate surface area is 179 Å². The second-order valence-corrected chi connectivity index (χ2v) is 9.23. The van der Waals surface area contributed by atoms with E-state index in [1.165, 1.54) is 29.2 Å². The molecule has 0 unspecified atom stereocenters. The molecular formula is C20H20ClNO7S. The van der Waals surface area contributed by atoms with E-state index in [2.05, 4.69) is 9.78 Å². The molecule has 0 aromatic heterocycles. The summed E-state index contributed by atoms with van der Waals surface area (Å²) in [5.41, 5.74) is 0.171. The number of piperidine rings is 1. The largest absolute Gasteiger partial charge is 0.490 e. The number of nitrogens with zero attached hydrogens (tertiary/aromatic N) is 1. The van der Waals surface area contributed by atoms with Crippen LogP contribution in [0.1, 0.15) is 23.2 Å². The highest BCUT2D eigenvalue weighted by molar-refractivity contribution is 7.90. The summed E-state index contributed by atoms with van der Waals surface area (Å²) in [7, 11) is -3.26. The molecule has 0 atom stereocenters. The zero-order chi connectivity index (χ0) is 21.7. The Morgan fingerprint density at radius 1 is 1.03 bits per heavy atom. The summed E-state index contributed by atoms with van der Waals surface area (Å²) in [4.78, 5) is 34.9. The third-order valence-corrected chi connectivity index (χ3v) is 5.87. The van der Waals surface area contributed by atoms with Crippen LogP contribution in [0, 0.1) is 0 Å². The van der Waals surface area contributed by atoms with Gasteiger partial charge in [0.1, 0.15) is 11.9 Å². The molecule has 0 N–H and O–H groups in total. The van der Waals surface area contributed by atoms with Gasteiger partial charge in [-0.1, -0.05) is 17.7 Å². The van der Waals surface area contributed by atoms with E-state index < -0.39 is 21.9 Å². The van der Waals surface area contributed by atoms with Crippen molar-refractivity contribution in [2.45, 2.75) is 23.8 Å². The van der Waals surface area contributed by atoms with Crippen LogP contribution in [0.3, 0.4) is 0 Å². The summed E-state index contributed by atoms with van der Waals surface area (Å²) in [5.74, 6) is -0.263. The number of ether oxygens (including phenoxy) is 1. The van der Waals surface area contributed by atoms with E-state index in [-0.39, 0.29) is 16.6 Å². The third kappa shape index (κ3) is 5.87. The summed E-state index contributed by atoms with van der Waals surface area (Å²) < 4.78 is 28.8. The molecule has 0 bridgehead atoms. The molecule has 160 valence electrons. The quantitative estimate of drug-likeness (QED) is 0.516. The van der Waals surface area contributed by atoms with Crippen LogP contribution >= 0.6 is 11.6 Å². The summed E-state index contributed by atoms with van der Waals surface area (Å²) >= 11 is 5.81. The summed E-state index contributed by atoms with van der Waals surface area (Å²) in [6, 6.07) is 12.3. The number of rotatable bonds is 4. The highest BCUT2D eigenvalue weighted by Gasteiger charge is 2.26. The number of hydrogen-bond donors (Lipinski definition) is 0. The molecule has 1 aliphatic rings. The third-order valence-electron chi connectivity index (χ3n) is 4.50. The zero-order valence-electron chi connectivity index (χ0n) is 16.1. The van der Waals surface area contributed by atoms with Gasteiger partial charge >= 0.3 is 12.1 Å². The maximum absolute atomic E-state index is 12.1. The second kappa shape index (κ2) is 9.36. The van der Waals surface area contributed by atoms with Gasteiger partial charge in [0.05, 0.1) is 10.5 Å². The van der Waals surface area contributed by atoms with E-state index in [1.54, 1.807) is 24.3 Å². The first-order valence-corrected chi connectivity index (χ1v) is 11.4. The molecule has 1 fully saturated rings. The predicted molar refractivity (Wildman–Crippen MR) is 108 cm³/mol. The summed E-state index contributed by atoms with van der Waals surface area (Å²) in [6.07, 6.45) is 1.34. The number of benzene rings is 2. The monoisotopic (exact) mass is 453 g/mol. The van der Waals surface area contributed by atoms with Gasteiger partial charge in [-0.05, 0) is 42.5 Å². The minimum atomic E-state index is -3.26. The summed E-state index contributed by atoms with van der Waals surface area (Å²) in [5, 5.41) is 0.365. The fraction of sp³-hybridized carbons (Fsp3) is 0.300. The van der Waals surface area contributed by atoms with E-state index in [0.29, 0.717) is 36.7 Å². The molecule has 3 rings (SSSR count). The van der Waals surface area contributed by atoms with Crippen molar-refractivity contribution in [3.8, 4) is 5.75 Å². The highest BCUT2D eigenvalue weighted by Crippen LogP contribution is 2.21. The number of sulfone groups is 1. The van der Waals surface area contributed by atoms with Crippen molar-refractivity contribution >= 4 is 33.5 Å². The molecule has 0 spiro atoms. The van der Waals surface area contributed by atoms with E-state index in [9.17, 15) is 18.0 Å². The number of hydrogen-bond acceptors (Lipinski definition) is 7. The number of likely N-dealkylation sites (tertiary alicyclic amines) is 1. The SMILES string of the molecule is CS(=O)(=O)c1ccc(OC2CCN(C(=O)OOC(=O)c3cccc(Cl)c3)CC2)cc1. The molecule has 0 saturated carbocycles.